The molecule has 0 radical (unpaired) electrons. The van der Waals surface area contributed by atoms with Crippen LogP contribution in [0.2, 0.25) is 0 Å². The van der Waals surface area contributed by atoms with Gasteiger partial charge in [-0.25, -0.2) is 4.98 Å². The van der Waals surface area contributed by atoms with E-state index in [9.17, 15) is 9.59 Å². The number of hydrogen-bond donors (Lipinski definition) is 2. The van der Waals surface area contributed by atoms with E-state index in [2.05, 4.69) is 20.1 Å². The van der Waals surface area contributed by atoms with Crippen LogP contribution >= 0.6 is 0 Å². The molecule has 2 aliphatic heterocycles. The molecule has 2 saturated heterocycles. The van der Waals surface area contributed by atoms with Crippen molar-refractivity contribution in [1.29, 1.82) is 0 Å². The zero-order chi connectivity index (χ0) is 24.4. The number of fused-ring (bicyclic) bond motifs is 1. The lowest BCUT2D eigenvalue weighted by Crippen LogP contribution is -2.36. The molecule has 0 bridgehead atoms. The number of likely N-dealkylation sites (N-methyl/N-ethyl adjacent to an activating group) is 1. The highest BCUT2D eigenvalue weighted by Crippen LogP contribution is 2.26. The number of hydrogen-bond acceptors (Lipinski definition) is 7. The number of benzene rings is 1. The fourth-order valence-electron chi connectivity index (χ4n) is 4.75. The molecule has 1 amide bonds. The Balaban J connectivity index is 1.45. The van der Waals surface area contributed by atoms with Gasteiger partial charge in [-0.2, -0.15) is 0 Å². The Morgan fingerprint density at radius 3 is 2.80 bits per heavy atom. The molecule has 5 rings (SSSR count). The molecule has 184 valence electrons. The van der Waals surface area contributed by atoms with Crippen molar-refractivity contribution in [2.24, 2.45) is 0 Å². The van der Waals surface area contributed by atoms with Crippen LogP contribution in [0.5, 0.6) is 0 Å². The van der Waals surface area contributed by atoms with Gasteiger partial charge in [0.05, 0.1) is 31.4 Å². The highest BCUT2D eigenvalue weighted by molar-refractivity contribution is 6.08. The standard InChI is InChI=1S/C26H31N5O4/c1-17-11-24(32)29-23-4-3-19(13-21(17)23)28-26(33)22-12-18(15-31-6-9-34-10-7-31)14-27-25(22)30(2)20-5-8-35-16-20/h3-4,11-14,20H,5-10,15-16H2,1-2H3,(H,28,33)(H,29,32). The number of carbonyl (C=O) groups is 1. The number of anilines is 2. The summed E-state index contributed by atoms with van der Waals surface area (Å²) in [4.78, 5) is 37.3. The normalized spacial score (nSPS) is 18.6. The first-order valence-electron chi connectivity index (χ1n) is 12.0. The molecule has 9 nitrogen and oxygen atoms in total. The molecule has 2 aromatic heterocycles. The van der Waals surface area contributed by atoms with Gasteiger partial charge in [0, 0.05) is 62.1 Å². The lowest BCUT2D eigenvalue weighted by atomic mass is 10.1. The smallest absolute Gasteiger partial charge is 0.259 e. The first kappa shape index (κ1) is 23.5. The van der Waals surface area contributed by atoms with Crippen LogP contribution in [-0.2, 0) is 16.0 Å². The second-order valence-electron chi connectivity index (χ2n) is 9.26. The van der Waals surface area contributed by atoms with Crippen LogP contribution in [0.4, 0.5) is 11.5 Å². The lowest BCUT2D eigenvalue weighted by Gasteiger charge is -2.28. The van der Waals surface area contributed by atoms with Crippen LogP contribution in [0.1, 0.15) is 27.9 Å². The number of H-pyrrole nitrogens is 1. The van der Waals surface area contributed by atoms with E-state index in [1.165, 1.54) is 0 Å². The first-order chi connectivity index (χ1) is 17.0. The topological polar surface area (TPSA) is 99.8 Å². The van der Waals surface area contributed by atoms with E-state index in [1.54, 1.807) is 12.1 Å². The number of aromatic amines is 1. The molecule has 9 heteroatoms. The highest BCUT2D eigenvalue weighted by atomic mass is 16.5. The SMILES string of the molecule is Cc1cc(=O)[nH]c2ccc(NC(=O)c3cc(CN4CCOCC4)cnc3N(C)C3CCOC3)cc12. The van der Waals surface area contributed by atoms with Crippen LogP contribution in [0, 0.1) is 6.92 Å². The fourth-order valence-corrected chi connectivity index (χ4v) is 4.75. The van der Waals surface area contributed by atoms with Crippen molar-refractivity contribution in [2.75, 3.05) is 56.8 Å². The Hall–Kier alpha value is -3.27. The molecule has 1 atom stereocenters. The van der Waals surface area contributed by atoms with E-state index in [1.807, 2.05) is 38.4 Å². The molecule has 35 heavy (non-hydrogen) atoms. The average molecular weight is 478 g/mol. The number of pyridine rings is 2. The van der Waals surface area contributed by atoms with Crippen molar-refractivity contribution in [1.82, 2.24) is 14.9 Å². The fraction of sp³-hybridized carbons (Fsp3) is 0.423. The van der Waals surface area contributed by atoms with Crippen molar-refractivity contribution < 1.29 is 14.3 Å². The Morgan fingerprint density at radius 2 is 2.03 bits per heavy atom. The minimum atomic E-state index is -0.219. The van der Waals surface area contributed by atoms with Crippen molar-refractivity contribution >= 4 is 28.3 Å². The van der Waals surface area contributed by atoms with Gasteiger partial charge < -0.3 is 24.7 Å². The van der Waals surface area contributed by atoms with Gasteiger partial charge in [0.15, 0.2) is 0 Å². The molecule has 4 heterocycles. The maximum atomic E-state index is 13.6. The van der Waals surface area contributed by atoms with Crippen LogP contribution in [-0.4, -0.2) is 73.4 Å². The number of amides is 1. The minimum Gasteiger partial charge on any atom is -0.379 e. The summed E-state index contributed by atoms with van der Waals surface area (Å²) >= 11 is 0. The largest absolute Gasteiger partial charge is 0.379 e. The van der Waals surface area contributed by atoms with Gasteiger partial charge in [-0.3, -0.25) is 14.5 Å². The van der Waals surface area contributed by atoms with Gasteiger partial charge in [0.1, 0.15) is 5.82 Å². The first-order valence-corrected chi connectivity index (χ1v) is 12.0. The summed E-state index contributed by atoms with van der Waals surface area (Å²) < 4.78 is 11.0. The maximum Gasteiger partial charge on any atom is 0.259 e. The molecule has 1 unspecified atom stereocenters. The summed E-state index contributed by atoms with van der Waals surface area (Å²) in [6, 6.07) is 9.19. The van der Waals surface area contributed by atoms with Gasteiger partial charge in [0.25, 0.3) is 5.91 Å². The van der Waals surface area contributed by atoms with Crippen molar-refractivity contribution in [3.8, 4) is 0 Å². The summed E-state index contributed by atoms with van der Waals surface area (Å²) in [6.07, 6.45) is 2.76. The Kier molecular flexibility index (Phi) is 6.81. The Labute approximate surface area is 204 Å². The molecule has 0 saturated carbocycles. The summed E-state index contributed by atoms with van der Waals surface area (Å²) in [7, 11) is 1.97. The van der Waals surface area contributed by atoms with Gasteiger partial charge in [-0.05, 0) is 48.7 Å². The second-order valence-corrected chi connectivity index (χ2v) is 9.26. The van der Waals surface area contributed by atoms with Crippen molar-refractivity contribution in [3.63, 3.8) is 0 Å². The van der Waals surface area contributed by atoms with Crippen molar-refractivity contribution in [3.05, 3.63) is 63.6 Å². The van der Waals surface area contributed by atoms with E-state index in [-0.39, 0.29) is 17.5 Å². The molecule has 2 aliphatic rings. The molecule has 1 aromatic carbocycles. The third-order valence-electron chi connectivity index (χ3n) is 6.77. The zero-order valence-electron chi connectivity index (χ0n) is 20.2. The minimum absolute atomic E-state index is 0.140. The van der Waals surface area contributed by atoms with E-state index >= 15 is 0 Å². The highest BCUT2D eigenvalue weighted by Gasteiger charge is 2.26. The molecule has 3 aromatic rings. The van der Waals surface area contributed by atoms with Crippen molar-refractivity contribution in [2.45, 2.75) is 25.9 Å². The molecule has 0 spiro atoms. The third kappa shape index (κ3) is 5.22. The number of nitrogens with one attached hydrogen (secondary N) is 2. The van der Waals surface area contributed by atoms with E-state index in [0.29, 0.717) is 30.3 Å². The van der Waals surface area contributed by atoms with Crippen LogP contribution in [0.3, 0.4) is 0 Å². The summed E-state index contributed by atoms with van der Waals surface area (Å²) in [5.41, 5.74) is 3.64. The second kappa shape index (κ2) is 10.2. The van der Waals surface area contributed by atoms with E-state index < -0.39 is 0 Å². The molecular formula is C26H31N5O4. The molecular weight excluding hydrogens is 446 g/mol. The average Bonchev–Trinajstić information content (AvgIpc) is 3.40. The number of aryl methyl sites for hydroxylation is 1. The molecule has 2 N–H and O–H groups in total. The predicted octanol–water partition coefficient (Wildman–Crippen LogP) is 2.54. The van der Waals surface area contributed by atoms with Crippen LogP contribution < -0.4 is 15.8 Å². The van der Waals surface area contributed by atoms with Crippen LogP contribution in [0.15, 0.2) is 41.3 Å². The number of carbonyl (C=O) groups excluding carboxylic acids is 1. The number of morpholine rings is 1. The Bertz CT molecular complexity index is 1280. The summed E-state index contributed by atoms with van der Waals surface area (Å²) in [5, 5.41) is 3.94. The van der Waals surface area contributed by atoms with Gasteiger partial charge in [0.2, 0.25) is 5.56 Å². The zero-order valence-corrected chi connectivity index (χ0v) is 20.2. The molecule has 0 aliphatic carbocycles. The van der Waals surface area contributed by atoms with Gasteiger partial charge >= 0.3 is 0 Å². The lowest BCUT2D eigenvalue weighted by molar-refractivity contribution is 0.0341. The summed E-state index contributed by atoms with van der Waals surface area (Å²) in [6.45, 7) is 7.10. The summed E-state index contributed by atoms with van der Waals surface area (Å²) in [5.74, 6) is 0.425. The third-order valence-corrected chi connectivity index (χ3v) is 6.77. The maximum absolute atomic E-state index is 13.6. The van der Waals surface area contributed by atoms with Crippen LogP contribution in [0.25, 0.3) is 10.9 Å². The van der Waals surface area contributed by atoms with Gasteiger partial charge in [-0.1, -0.05) is 0 Å². The van der Waals surface area contributed by atoms with E-state index in [4.69, 9.17) is 14.5 Å². The quantitative estimate of drug-likeness (QED) is 0.563. The predicted molar refractivity (Wildman–Crippen MR) is 135 cm³/mol. The van der Waals surface area contributed by atoms with E-state index in [0.717, 1.165) is 61.3 Å². The number of nitrogens with zero attached hydrogens (tertiary/aromatic N) is 3. The number of rotatable bonds is 6. The Morgan fingerprint density at radius 1 is 1.20 bits per heavy atom. The van der Waals surface area contributed by atoms with Gasteiger partial charge in [-0.15, -0.1) is 0 Å². The number of ether oxygens (including phenoxy) is 2. The number of aromatic nitrogens is 2. The molecule has 2 fully saturated rings. The monoisotopic (exact) mass is 477 g/mol.